The van der Waals surface area contributed by atoms with Gasteiger partial charge in [0.2, 0.25) is 5.91 Å². The summed E-state index contributed by atoms with van der Waals surface area (Å²) in [5.74, 6) is 1.46. The van der Waals surface area contributed by atoms with Crippen LogP contribution in [-0.4, -0.2) is 47.2 Å². The largest absolute Gasteiger partial charge is 0.353 e. The van der Waals surface area contributed by atoms with Crippen molar-refractivity contribution in [2.45, 2.75) is 19.3 Å². The van der Waals surface area contributed by atoms with Crippen molar-refractivity contribution < 1.29 is 4.79 Å². The van der Waals surface area contributed by atoms with Gasteiger partial charge in [0.15, 0.2) is 5.82 Å². The number of amides is 1. The Morgan fingerprint density at radius 1 is 0.900 bits per heavy atom. The highest BCUT2D eigenvalue weighted by Crippen LogP contribution is 2.35. The number of aromatic nitrogens is 2. The zero-order chi connectivity index (χ0) is 20.7. The maximum Gasteiger partial charge on any atom is 0.225 e. The first-order chi connectivity index (χ1) is 14.6. The summed E-state index contributed by atoms with van der Waals surface area (Å²) in [4.78, 5) is 16.8. The van der Waals surface area contributed by atoms with Crippen molar-refractivity contribution in [3.63, 3.8) is 0 Å². The number of nitrogens with zero attached hydrogens (tertiary/aromatic N) is 4. The smallest absolute Gasteiger partial charge is 0.225 e. The van der Waals surface area contributed by atoms with Gasteiger partial charge in [-0.2, -0.15) is 0 Å². The van der Waals surface area contributed by atoms with Crippen molar-refractivity contribution in [3.8, 4) is 11.3 Å². The summed E-state index contributed by atoms with van der Waals surface area (Å²) in [5, 5.41) is 12.3. The third kappa shape index (κ3) is 3.72. The summed E-state index contributed by atoms with van der Waals surface area (Å²) in [5.41, 5.74) is 1.67. The van der Waals surface area contributed by atoms with Crippen LogP contribution in [0.15, 0.2) is 42.5 Å². The van der Waals surface area contributed by atoms with Gasteiger partial charge in [0.25, 0.3) is 0 Å². The number of hydrogen-bond donors (Lipinski definition) is 0. The molecule has 0 bridgehead atoms. The zero-order valence-corrected chi connectivity index (χ0v) is 18.0. The molecular weight excluding hydrogens is 419 g/mol. The SMILES string of the molecule is O=C(C1CC1)N1CCCN(c2nnc(-c3ccc(Cl)c(Cl)c3)c3ccccc23)CC1. The van der Waals surface area contributed by atoms with Crippen LogP contribution >= 0.6 is 23.2 Å². The van der Waals surface area contributed by atoms with Crippen LogP contribution in [0.1, 0.15) is 19.3 Å². The fraction of sp³-hybridized carbons (Fsp3) is 0.348. The lowest BCUT2D eigenvalue weighted by Gasteiger charge is -2.24. The van der Waals surface area contributed by atoms with Crippen molar-refractivity contribution in [2.24, 2.45) is 5.92 Å². The maximum absolute atomic E-state index is 12.5. The van der Waals surface area contributed by atoms with Gasteiger partial charge in [0.05, 0.1) is 10.0 Å². The molecule has 154 valence electrons. The molecule has 30 heavy (non-hydrogen) atoms. The second-order valence-electron chi connectivity index (χ2n) is 7.99. The lowest BCUT2D eigenvalue weighted by atomic mass is 10.0. The lowest BCUT2D eigenvalue weighted by Crippen LogP contribution is -2.36. The summed E-state index contributed by atoms with van der Waals surface area (Å²) in [6, 6.07) is 13.7. The van der Waals surface area contributed by atoms with Crippen LogP contribution in [0.4, 0.5) is 5.82 Å². The highest BCUT2D eigenvalue weighted by molar-refractivity contribution is 6.42. The molecule has 5 rings (SSSR count). The molecule has 0 spiro atoms. The molecule has 1 aliphatic carbocycles. The minimum absolute atomic E-state index is 0.266. The number of benzene rings is 2. The number of carbonyl (C=O) groups is 1. The second-order valence-corrected chi connectivity index (χ2v) is 8.80. The first-order valence-electron chi connectivity index (χ1n) is 10.4. The van der Waals surface area contributed by atoms with Crippen molar-refractivity contribution >= 4 is 45.7 Å². The zero-order valence-electron chi connectivity index (χ0n) is 16.5. The van der Waals surface area contributed by atoms with Crippen molar-refractivity contribution in [1.82, 2.24) is 15.1 Å². The van der Waals surface area contributed by atoms with Crippen LogP contribution in [0.2, 0.25) is 10.0 Å². The van der Waals surface area contributed by atoms with Gasteiger partial charge in [-0.25, -0.2) is 0 Å². The van der Waals surface area contributed by atoms with E-state index in [9.17, 15) is 4.79 Å². The molecule has 2 aliphatic rings. The van der Waals surface area contributed by atoms with E-state index >= 15 is 0 Å². The number of halogens is 2. The Morgan fingerprint density at radius 3 is 2.47 bits per heavy atom. The van der Waals surface area contributed by atoms with E-state index in [0.717, 1.165) is 73.3 Å². The first kappa shape index (κ1) is 19.6. The number of anilines is 1. The predicted molar refractivity (Wildman–Crippen MR) is 121 cm³/mol. The van der Waals surface area contributed by atoms with Crippen LogP contribution in [0.25, 0.3) is 22.0 Å². The lowest BCUT2D eigenvalue weighted by molar-refractivity contribution is -0.132. The Labute approximate surface area is 185 Å². The van der Waals surface area contributed by atoms with Crippen LogP contribution in [-0.2, 0) is 4.79 Å². The molecule has 1 saturated carbocycles. The molecule has 2 heterocycles. The van der Waals surface area contributed by atoms with Gasteiger partial charge in [-0.3, -0.25) is 4.79 Å². The van der Waals surface area contributed by atoms with E-state index in [1.807, 2.05) is 29.2 Å². The van der Waals surface area contributed by atoms with Gasteiger partial charge in [-0.05, 0) is 31.4 Å². The molecule has 0 unspecified atom stereocenters. The van der Waals surface area contributed by atoms with Gasteiger partial charge >= 0.3 is 0 Å². The van der Waals surface area contributed by atoms with E-state index in [1.54, 1.807) is 6.07 Å². The van der Waals surface area contributed by atoms with Crippen LogP contribution < -0.4 is 4.90 Å². The van der Waals surface area contributed by atoms with E-state index in [1.165, 1.54) is 0 Å². The van der Waals surface area contributed by atoms with Crippen LogP contribution in [0.3, 0.4) is 0 Å². The number of fused-ring (bicyclic) bond motifs is 1. The third-order valence-electron chi connectivity index (χ3n) is 5.89. The van der Waals surface area contributed by atoms with E-state index < -0.39 is 0 Å². The standard InChI is InChI=1S/C23H22Cl2N4O/c24-19-9-8-16(14-20(19)25)21-17-4-1-2-5-18(17)22(27-26-21)28-10-3-11-29(13-12-28)23(30)15-6-7-15/h1-2,4-5,8-9,14-15H,3,6-7,10-13H2. The Bertz CT molecular complexity index is 1120. The van der Waals surface area contributed by atoms with Gasteiger partial charge < -0.3 is 9.80 Å². The Hall–Kier alpha value is -2.37. The molecule has 1 aliphatic heterocycles. The summed E-state index contributed by atoms with van der Waals surface area (Å²) in [6.07, 6.45) is 3.03. The summed E-state index contributed by atoms with van der Waals surface area (Å²) in [7, 11) is 0. The normalized spacial score (nSPS) is 17.3. The highest BCUT2D eigenvalue weighted by Gasteiger charge is 2.34. The average molecular weight is 441 g/mol. The minimum atomic E-state index is 0.266. The molecule has 1 amide bonds. The molecular formula is C23H22Cl2N4O. The number of carbonyl (C=O) groups excluding carboxylic acids is 1. The summed E-state index contributed by atoms with van der Waals surface area (Å²) in [6.45, 7) is 3.18. The summed E-state index contributed by atoms with van der Waals surface area (Å²) < 4.78 is 0. The fourth-order valence-corrected chi connectivity index (χ4v) is 4.42. The molecule has 0 atom stereocenters. The van der Waals surface area contributed by atoms with Crippen molar-refractivity contribution in [3.05, 3.63) is 52.5 Å². The van der Waals surface area contributed by atoms with E-state index in [0.29, 0.717) is 16.0 Å². The topological polar surface area (TPSA) is 49.3 Å². The van der Waals surface area contributed by atoms with E-state index in [2.05, 4.69) is 27.2 Å². The van der Waals surface area contributed by atoms with Crippen molar-refractivity contribution in [1.29, 1.82) is 0 Å². The van der Waals surface area contributed by atoms with Gasteiger partial charge in [-0.1, -0.05) is 53.5 Å². The molecule has 1 saturated heterocycles. The first-order valence-corrected chi connectivity index (χ1v) is 11.1. The molecule has 5 nitrogen and oxygen atoms in total. The Morgan fingerprint density at radius 2 is 1.70 bits per heavy atom. The van der Waals surface area contributed by atoms with Crippen molar-refractivity contribution in [2.75, 3.05) is 31.1 Å². The molecule has 0 N–H and O–H groups in total. The summed E-state index contributed by atoms with van der Waals surface area (Å²) >= 11 is 12.3. The predicted octanol–water partition coefficient (Wildman–Crippen LogP) is 5.05. The molecule has 2 fully saturated rings. The second kappa shape index (κ2) is 8.05. The number of rotatable bonds is 3. The Balaban J connectivity index is 1.48. The van der Waals surface area contributed by atoms with E-state index in [4.69, 9.17) is 23.2 Å². The monoisotopic (exact) mass is 440 g/mol. The molecule has 1 aromatic heterocycles. The molecule has 2 aromatic carbocycles. The molecule has 7 heteroatoms. The molecule has 3 aromatic rings. The van der Waals surface area contributed by atoms with E-state index in [-0.39, 0.29) is 5.92 Å². The van der Waals surface area contributed by atoms with Crippen LogP contribution in [0, 0.1) is 5.92 Å². The average Bonchev–Trinajstić information content (AvgIpc) is 3.62. The maximum atomic E-state index is 12.5. The Kier molecular flexibility index (Phi) is 5.25. The van der Waals surface area contributed by atoms with Gasteiger partial charge in [0, 0.05) is 48.4 Å². The highest BCUT2D eigenvalue weighted by atomic mass is 35.5. The fourth-order valence-electron chi connectivity index (χ4n) is 4.12. The van der Waals surface area contributed by atoms with Crippen LogP contribution in [0.5, 0.6) is 0 Å². The number of hydrogen-bond acceptors (Lipinski definition) is 4. The molecule has 0 radical (unpaired) electrons. The quantitative estimate of drug-likeness (QED) is 0.571. The minimum Gasteiger partial charge on any atom is -0.353 e. The van der Waals surface area contributed by atoms with Gasteiger partial charge in [0.1, 0.15) is 5.69 Å². The third-order valence-corrected chi connectivity index (χ3v) is 6.63. The van der Waals surface area contributed by atoms with Gasteiger partial charge in [-0.15, -0.1) is 10.2 Å².